The van der Waals surface area contributed by atoms with Gasteiger partial charge in [0.15, 0.2) is 21.5 Å². The molecule has 0 aromatic heterocycles. The van der Waals surface area contributed by atoms with Crippen LogP contribution in [0.3, 0.4) is 0 Å². The van der Waals surface area contributed by atoms with Crippen molar-refractivity contribution < 1.29 is 29.8 Å². The van der Waals surface area contributed by atoms with Gasteiger partial charge in [0.25, 0.3) is 0 Å². The Hall–Kier alpha value is -2.00. The number of sulfone groups is 1. The summed E-state index contributed by atoms with van der Waals surface area (Å²) in [5.41, 5.74) is 0.388. The van der Waals surface area contributed by atoms with Gasteiger partial charge in [-0.15, -0.1) is 0 Å². The highest BCUT2D eigenvalue weighted by molar-refractivity contribution is 7.91. The van der Waals surface area contributed by atoms with E-state index in [0.29, 0.717) is 11.6 Å². The van der Waals surface area contributed by atoms with Crippen molar-refractivity contribution in [1.82, 2.24) is 0 Å². The maximum atomic E-state index is 13.2. The molecular weight excluding hydrogens is 362 g/mol. The predicted molar refractivity (Wildman–Crippen MR) is 83.2 cm³/mol. The molecule has 0 bridgehead atoms. The Morgan fingerprint density at radius 3 is 2.00 bits per heavy atom. The summed E-state index contributed by atoms with van der Waals surface area (Å²) >= 11 is 0. The van der Waals surface area contributed by atoms with Gasteiger partial charge in [0, 0.05) is 12.3 Å². The summed E-state index contributed by atoms with van der Waals surface area (Å²) in [4.78, 5) is -0.498. The Morgan fingerprint density at radius 1 is 0.875 bits per heavy atom. The Labute approximate surface area is 138 Å². The molecule has 0 spiro atoms. The first kappa shape index (κ1) is 18.3. The zero-order valence-corrected chi connectivity index (χ0v) is 14.6. The minimum atomic E-state index is -4.43. The van der Waals surface area contributed by atoms with Crippen LogP contribution in [0.4, 0.5) is 8.78 Å². The van der Waals surface area contributed by atoms with E-state index in [9.17, 15) is 25.6 Å². The standard InChI is InChI=1S/C15H14F2O5S2/c1-9-6-14(23(3,18)19)10(2)15(7-9)24(20,21)22-11-4-5-12(16)13(17)8-11/h4-8H,1-3H3. The summed E-state index contributed by atoms with van der Waals surface area (Å²) in [6, 6.07) is 4.87. The number of hydrogen-bond donors (Lipinski definition) is 0. The van der Waals surface area contributed by atoms with Gasteiger partial charge in [0.05, 0.1) is 4.90 Å². The highest BCUT2D eigenvalue weighted by Crippen LogP contribution is 2.28. The zero-order chi connectivity index (χ0) is 18.3. The lowest BCUT2D eigenvalue weighted by Crippen LogP contribution is -2.14. The number of aryl methyl sites for hydroxylation is 1. The number of hydrogen-bond acceptors (Lipinski definition) is 5. The second kappa shape index (κ2) is 6.14. The van der Waals surface area contributed by atoms with Gasteiger partial charge < -0.3 is 4.18 Å². The van der Waals surface area contributed by atoms with Crippen LogP contribution in [-0.2, 0) is 20.0 Å². The molecule has 5 nitrogen and oxygen atoms in total. The van der Waals surface area contributed by atoms with Gasteiger partial charge in [-0.2, -0.15) is 8.42 Å². The third-order valence-electron chi connectivity index (χ3n) is 3.22. The molecule has 0 amide bonds. The van der Waals surface area contributed by atoms with E-state index in [2.05, 4.69) is 0 Å². The van der Waals surface area contributed by atoms with Crippen molar-refractivity contribution in [3.8, 4) is 5.75 Å². The fourth-order valence-electron chi connectivity index (χ4n) is 2.14. The van der Waals surface area contributed by atoms with Gasteiger partial charge in [-0.25, -0.2) is 17.2 Å². The largest absolute Gasteiger partial charge is 0.379 e. The Bertz CT molecular complexity index is 1010. The van der Waals surface area contributed by atoms with Crippen molar-refractivity contribution in [3.05, 3.63) is 53.1 Å². The first-order chi connectivity index (χ1) is 10.9. The molecule has 24 heavy (non-hydrogen) atoms. The van der Waals surface area contributed by atoms with E-state index in [4.69, 9.17) is 4.18 Å². The fourth-order valence-corrected chi connectivity index (χ4v) is 4.53. The third-order valence-corrected chi connectivity index (χ3v) is 5.82. The van der Waals surface area contributed by atoms with Gasteiger partial charge in [0.2, 0.25) is 0 Å². The van der Waals surface area contributed by atoms with Crippen LogP contribution in [0.2, 0.25) is 0 Å². The lowest BCUT2D eigenvalue weighted by Gasteiger charge is -2.13. The van der Waals surface area contributed by atoms with E-state index in [-0.39, 0.29) is 15.4 Å². The highest BCUT2D eigenvalue weighted by Gasteiger charge is 2.25. The first-order valence-corrected chi connectivity index (χ1v) is 9.92. The maximum absolute atomic E-state index is 13.2. The average molecular weight is 376 g/mol. The quantitative estimate of drug-likeness (QED) is 0.767. The van der Waals surface area contributed by atoms with Crippen LogP contribution in [0.5, 0.6) is 5.75 Å². The highest BCUT2D eigenvalue weighted by atomic mass is 32.2. The van der Waals surface area contributed by atoms with E-state index in [0.717, 1.165) is 18.4 Å². The molecule has 0 saturated carbocycles. The van der Waals surface area contributed by atoms with Crippen molar-refractivity contribution in [1.29, 1.82) is 0 Å². The minimum absolute atomic E-state index is 0.00863. The molecule has 0 atom stereocenters. The van der Waals surface area contributed by atoms with Crippen molar-refractivity contribution >= 4 is 20.0 Å². The molecule has 2 aromatic rings. The van der Waals surface area contributed by atoms with Gasteiger partial charge in [-0.3, -0.25) is 0 Å². The number of halogens is 2. The van der Waals surface area contributed by atoms with Crippen LogP contribution < -0.4 is 4.18 Å². The number of benzene rings is 2. The fraction of sp³-hybridized carbons (Fsp3) is 0.200. The maximum Gasteiger partial charge on any atom is 0.339 e. The number of rotatable bonds is 4. The van der Waals surface area contributed by atoms with Crippen molar-refractivity contribution in [3.63, 3.8) is 0 Å². The van der Waals surface area contributed by atoms with Crippen LogP contribution in [-0.4, -0.2) is 23.1 Å². The van der Waals surface area contributed by atoms with Crippen LogP contribution >= 0.6 is 0 Å². The van der Waals surface area contributed by atoms with Gasteiger partial charge in [-0.1, -0.05) is 0 Å². The monoisotopic (exact) mass is 376 g/mol. The molecule has 0 heterocycles. The van der Waals surface area contributed by atoms with Crippen LogP contribution in [0.1, 0.15) is 11.1 Å². The molecule has 9 heteroatoms. The summed E-state index contributed by atoms with van der Waals surface area (Å²) < 4.78 is 79.3. The summed E-state index contributed by atoms with van der Waals surface area (Å²) in [6.07, 6.45) is 0.960. The van der Waals surface area contributed by atoms with E-state index in [1.807, 2.05) is 0 Å². The summed E-state index contributed by atoms with van der Waals surface area (Å²) in [7, 11) is -8.09. The van der Waals surface area contributed by atoms with Crippen LogP contribution in [0.25, 0.3) is 0 Å². The molecule has 0 N–H and O–H groups in total. The van der Waals surface area contributed by atoms with Gasteiger partial charge in [0.1, 0.15) is 10.6 Å². The lowest BCUT2D eigenvalue weighted by molar-refractivity contribution is 0.471. The third kappa shape index (κ3) is 3.73. The molecule has 0 radical (unpaired) electrons. The van der Waals surface area contributed by atoms with Crippen molar-refractivity contribution in [2.45, 2.75) is 23.6 Å². The smallest absolute Gasteiger partial charge is 0.339 e. The second-order valence-electron chi connectivity index (χ2n) is 5.27. The summed E-state index contributed by atoms with van der Waals surface area (Å²) in [6.45, 7) is 2.86. The van der Waals surface area contributed by atoms with Crippen LogP contribution in [0, 0.1) is 25.5 Å². The summed E-state index contributed by atoms with van der Waals surface area (Å²) in [5.74, 6) is -2.83. The summed E-state index contributed by atoms with van der Waals surface area (Å²) in [5, 5.41) is 0. The molecule has 0 saturated heterocycles. The van der Waals surface area contributed by atoms with Crippen molar-refractivity contribution in [2.75, 3.05) is 6.26 Å². The van der Waals surface area contributed by atoms with E-state index >= 15 is 0 Å². The van der Waals surface area contributed by atoms with Gasteiger partial charge >= 0.3 is 10.1 Å². The minimum Gasteiger partial charge on any atom is -0.379 e. The molecular formula is C15H14F2O5S2. The molecule has 0 aliphatic rings. The molecule has 0 aliphatic carbocycles. The molecule has 130 valence electrons. The molecule has 0 unspecified atom stereocenters. The van der Waals surface area contributed by atoms with Gasteiger partial charge in [-0.05, 0) is 49.2 Å². The van der Waals surface area contributed by atoms with Crippen molar-refractivity contribution in [2.24, 2.45) is 0 Å². The normalized spacial score (nSPS) is 12.2. The topological polar surface area (TPSA) is 77.5 Å². The Kier molecular flexibility index (Phi) is 4.69. The first-order valence-electron chi connectivity index (χ1n) is 6.62. The Balaban J connectivity index is 2.57. The average Bonchev–Trinajstić information content (AvgIpc) is 2.43. The predicted octanol–water partition coefficient (Wildman–Crippen LogP) is 2.75. The van der Waals surface area contributed by atoms with Crippen LogP contribution in [0.15, 0.2) is 40.1 Å². The van der Waals surface area contributed by atoms with E-state index in [1.165, 1.54) is 26.0 Å². The van der Waals surface area contributed by atoms with E-state index < -0.39 is 37.3 Å². The Morgan fingerprint density at radius 2 is 1.46 bits per heavy atom. The SMILES string of the molecule is Cc1cc(S(C)(=O)=O)c(C)c(S(=O)(=O)Oc2ccc(F)c(F)c2)c1. The van der Waals surface area contributed by atoms with E-state index in [1.54, 1.807) is 0 Å². The lowest BCUT2D eigenvalue weighted by atomic mass is 10.2. The molecule has 0 aliphatic heterocycles. The second-order valence-corrected chi connectivity index (χ2v) is 8.77. The molecule has 2 rings (SSSR count). The zero-order valence-electron chi connectivity index (χ0n) is 13.0. The molecule has 0 fully saturated rings. The molecule has 2 aromatic carbocycles.